The molecule has 0 bridgehead atoms. The van der Waals surface area contributed by atoms with E-state index < -0.39 is 0 Å². The lowest BCUT2D eigenvalue weighted by molar-refractivity contribution is 0.172. The summed E-state index contributed by atoms with van der Waals surface area (Å²) < 4.78 is 1.93. The van der Waals surface area contributed by atoms with Crippen molar-refractivity contribution in [2.75, 3.05) is 30.7 Å². The van der Waals surface area contributed by atoms with Gasteiger partial charge in [-0.3, -0.25) is 9.67 Å². The van der Waals surface area contributed by atoms with Gasteiger partial charge in [0, 0.05) is 30.3 Å². The highest BCUT2D eigenvalue weighted by Gasteiger charge is 2.24. The standard InChI is InChI=1S/C29H40N8O/c1-4-6-22(12-16-38)33-28-27-25(34-29(30)35-28)17-32-37(27)18-21-8-9-23(24-7-5-13-31-26(21)24)20-10-14-36(15-11-20)19(2)3/h5,7-9,13,17,19-20,22,38H,4,6,10-12,14-16,18H2,1-3H3,(H3,30,33,34,35)/t22-/m0/s1. The number of pyridine rings is 1. The molecule has 5 rings (SSSR count). The molecule has 4 heterocycles. The van der Waals surface area contributed by atoms with Crippen LogP contribution < -0.4 is 11.1 Å². The zero-order valence-corrected chi connectivity index (χ0v) is 22.8. The maximum atomic E-state index is 9.55. The summed E-state index contributed by atoms with van der Waals surface area (Å²) in [5.74, 6) is 1.41. The minimum Gasteiger partial charge on any atom is -0.396 e. The number of rotatable bonds is 10. The topological polar surface area (TPSA) is 118 Å². The summed E-state index contributed by atoms with van der Waals surface area (Å²) in [6.45, 7) is 9.63. The quantitative estimate of drug-likeness (QED) is 0.281. The fourth-order valence-corrected chi connectivity index (χ4v) is 5.85. The predicted molar refractivity (Wildman–Crippen MR) is 153 cm³/mol. The highest BCUT2D eigenvalue weighted by atomic mass is 16.3. The maximum absolute atomic E-state index is 9.55. The summed E-state index contributed by atoms with van der Waals surface area (Å²) in [6, 6.07) is 9.44. The van der Waals surface area contributed by atoms with E-state index in [9.17, 15) is 5.11 Å². The number of hydrogen-bond acceptors (Lipinski definition) is 8. The summed E-state index contributed by atoms with van der Waals surface area (Å²) in [5.41, 5.74) is 11.1. The Hall–Kier alpha value is -3.30. The van der Waals surface area contributed by atoms with Crippen LogP contribution in [0.5, 0.6) is 0 Å². The molecule has 4 N–H and O–H groups in total. The van der Waals surface area contributed by atoms with Gasteiger partial charge in [-0.05, 0) is 75.7 Å². The largest absolute Gasteiger partial charge is 0.396 e. The van der Waals surface area contributed by atoms with Crippen LogP contribution in [0.15, 0.2) is 36.7 Å². The number of hydrogen-bond donors (Lipinski definition) is 3. The molecule has 0 spiro atoms. The van der Waals surface area contributed by atoms with Crippen LogP contribution >= 0.6 is 0 Å². The molecular weight excluding hydrogens is 476 g/mol. The van der Waals surface area contributed by atoms with E-state index >= 15 is 0 Å². The number of nitrogen functional groups attached to an aromatic ring is 1. The Balaban J connectivity index is 1.48. The number of anilines is 2. The second kappa shape index (κ2) is 11.6. The van der Waals surface area contributed by atoms with Gasteiger partial charge in [0.25, 0.3) is 0 Å². The van der Waals surface area contributed by atoms with E-state index in [2.05, 4.69) is 64.3 Å². The summed E-state index contributed by atoms with van der Waals surface area (Å²) >= 11 is 0. The Kier molecular flexibility index (Phi) is 8.04. The second-order valence-electron chi connectivity index (χ2n) is 10.7. The van der Waals surface area contributed by atoms with E-state index in [4.69, 9.17) is 10.7 Å². The Labute approximate surface area is 224 Å². The fourth-order valence-electron chi connectivity index (χ4n) is 5.85. The zero-order chi connectivity index (χ0) is 26.6. The van der Waals surface area contributed by atoms with Crippen molar-refractivity contribution in [3.8, 4) is 0 Å². The number of nitrogens with one attached hydrogen (secondary N) is 1. The molecule has 0 saturated carbocycles. The van der Waals surface area contributed by atoms with Crippen LogP contribution in [0.25, 0.3) is 21.9 Å². The third-order valence-corrected chi connectivity index (χ3v) is 7.87. The molecule has 9 heteroatoms. The number of nitrogens with two attached hydrogens (primary N) is 1. The molecule has 0 unspecified atom stereocenters. The number of aliphatic hydroxyl groups excluding tert-OH is 1. The van der Waals surface area contributed by atoms with Crippen LogP contribution in [0.3, 0.4) is 0 Å². The molecule has 0 radical (unpaired) electrons. The van der Waals surface area contributed by atoms with Crippen LogP contribution in [0, 0.1) is 0 Å². The third kappa shape index (κ3) is 5.44. The van der Waals surface area contributed by atoms with Crippen LogP contribution in [0.1, 0.15) is 69.9 Å². The van der Waals surface area contributed by atoms with Gasteiger partial charge in [0.2, 0.25) is 5.95 Å². The van der Waals surface area contributed by atoms with Gasteiger partial charge < -0.3 is 21.1 Å². The lowest BCUT2D eigenvalue weighted by Crippen LogP contribution is -2.37. The molecule has 0 amide bonds. The number of benzene rings is 1. The number of nitrogens with zero attached hydrogens (tertiary/aromatic N) is 6. The molecule has 9 nitrogen and oxygen atoms in total. The van der Waals surface area contributed by atoms with Crippen molar-refractivity contribution < 1.29 is 5.11 Å². The van der Waals surface area contributed by atoms with Crippen molar-refractivity contribution in [2.45, 2.75) is 77.4 Å². The van der Waals surface area contributed by atoms with Gasteiger partial charge in [0.1, 0.15) is 11.0 Å². The van der Waals surface area contributed by atoms with Gasteiger partial charge in [0.15, 0.2) is 5.82 Å². The second-order valence-corrected chi connectivity index (χ2v) is 10.7. The van der Waals surface area contributed by atoms with Crippen molar-refractivity contribution in [2.24, 2.45) is 0 Å². The molecule has 4 aromatic rings. The first kappa shape index (κ1) is 26.3. The smallest absolute Gasteiger partial charge is 0.222 e. The van der Waals surface area contributed by atoms with E-state index in [0.717, 1.165) is 42.5 Å². The number of piperidine rings is 1. The summed E-state index contributed by atoms with van der Waals surface area (Å²) in [7, 11) is 0. The minimum absolute atomic E-state index is 0.0924. The van der Waals surface area contributed by atoms with E-state index in [-0.39, 0.29) is 18.6 Å². The van der Waals surface area contributed by atoms with Crippen LogP contribution in [0.4, 0.5) is 11.8 Å². The van der Waals surface area contributed by atoms with Crippen molar-refractivity contribution in [3.05, 3.63) is 47.8 Å². The average Bonchev–Trinajstić information content (AvgIpc) is 3.31. The van der Waals surface area contributed by atoms with Crippen molar-refractivity contribution in [3.63, 3.8) is 0 Å². The molecular formula is C29H40N8O. The fraction of sp³-hybridized carbons (Fsp3) is 0.517. The first-order valence-corrected chi connectivity index (χ1v) is 14.0. The van der Waals surface area contributed by atoms with Gasteiger partial charge >= 0.3 is 0 Å². The third-order valence-electron chi connectivity index (χ3n) is 7.87. The van der Waals surface area contributed by atoms with Gasteiger partial charge in [-0.15, -0.1) is 0 Å². The van der Waals surface area contributed by atoms with E-state index in [1.807, 2.05) is 16.9 Å². The molecule has 1 aromatic carbocycles. The van der Waals surface area contributed by atoms with Crippen molar-refractivity contribution in [1.82, 2.24) is 29.6 Å². The summed E-state index contributed by atoms with van der Waals surface area (Å²) in [4.78, 5) is 16.4. The number of aliphatic hydroxyl groups is 1. The Morgan fingerprint density at radius 2 is 1.95 bits per heavy atom. The zero-order valence-electron chi connectivity index (χ0n) is 22.8. The monoisotopic (exact) mass is 516 g/mol. The Morgan fingerprint density at radius 1 is 1.13 bits per heavy atom. The summed E-state index contributed by atoms with van der Waals surface area (Å²) in [5, 5.41) is 19.0. The van der Waals surface area contributed by atoms with E-state index in [0.29, 0.717) is 36.3 Å². The normalized spacial score (nSPS) is 16.0. The highest BCUT2D eigenvalue weighted by Crippen LogP contribution is 2.35. The molecule has 1 aliphatic rings. The molecule has 1 atom stereocenters. The van der Waals surface area contributed by atoms with Gasteiger partial charge in [0.05, 0.1) is 18.3 Å². The highest BCUT2D eigenvalue weighted by molar-refractivity contribution is 5.88. The lowest BCUT2D eigenvalue weighted by atomic mass is 9.86. The maximum Gasteiger partial charge on any atom is 0.222 e. The molecule has 38 heavy (non-hydrogen) atoms. The minimum atomic E-state index is 0.0924. The Morgan fingerprint density at radius 3 is 2.68 bits per heavy atom. The van der Waals surface area contributed by atoms with Crippen molar-refractivity contribution in [1.29, 1.82) is 0 Å². The van der Waals surface area contributed by atoms with Crippen molar-refractivity contribution >= 4 is 33.7 Å². The Bertz CT molecular complexity index is 1370. The molecule has 3 aromatic heterocycles. The molecule has 202 valence electrons. The van der Waals surface area contributed by atoms with Gasteiger partial charge in [-0.1, -0.05) is 31.5 Å². The van der Waals surface area contributed by atoms with Crippen LogP contribution in [0.2, 0.25) is 0 Å². The SMILES string of the molecule is CCC[C@@H](CCO)Nc1nc(N)nc2cnn(Cc3ccc(C4CCN(C(C)C)CC4)c4cccnc34)c12. The molecule has 1 fully saturated rings. The van der Waals surface area contributed by atoms with Gasteiger partial charge in [-0.2, -0.15) is 10.1 Å². The van der Waals surface area contributed by atoms with Gasteiger partial charge in [-0.25, -0.2) is 4.98 Å². The number of fused-ring (bicyclic) bond motifs is 2. The molecule has 1 aliphatic heterocycles. The first-order valence-electron chi connectivity index (χ1n) is 14.0. The van der Waals surface area contributed by atoms with Crippen LogP contribution in [-0.2, 0) is 6.54 Å². The lowest BCUT2D eigenvalue weighted by Gasteiger charge is -2.35. The van der Waals surface area contributed by atoms with E-state index in [1.54, 1.807) is 6.20 Å². The number of likely N-dealkylation sites (tertiary alicyclic amines) is 1. The number of aromatic nitrogens is 5. The summed E-state index contributed by atoms with van der Waals surface area (Å²) in [6.07, 6.45) is 8.52. The predicted octanol–water partition coefficient (Wildman–Crippen LogP) is 4.56. The average molecular weight is 517 g/mol. The van der Waals surface area contributed by atoms with E-state index in [1.165, 1.54) is 23.8 Å². The molecule has 1 saturated heterocycles. The molecule has 0 aliphatic carbocycles. The first-order chi connectivity index (χ1) is 18.5. The van der Waals surface area contributed by atoms with Crippen LogP contribution in [-0.4, -0.2) is 66.5 Å².